The summed E-state index contributed by atoms with van der Waals surface area (Å²) < 4.78 is 2.04. The van der Waals surface area contributed by atoms with E-state index in [1.165, 1.54) is 11.1 Å². The van der Waals surface area contributed by atoms with E-state index < -0.39 is 0 Å². The third-order valence-electron chi connectivity index (χ3n) is 3.85. The fourth-order valence-corrected chi connectivity index (χ4v) is 2.78. The number of hydrogen-bond donors (Lipinski definition) is 1. The Balaban J connectivity index is 1.72. The zero-order valence-corrected chi connectivity index (χ0v) is 14.6. The van der Waals surface area contributed by atoms with Crippen molar-refractivity contribution in [2.45, 2.75) is 6.92 Å². The normalized spacial score (nSPS) is 11.5. The van der Waals surface area contributed by atoms with Gasteiger partial charge in [0.2, 0.25) is 5.95 Å². The Morgan fingerprint density at radius 2 is 1.96 bits per heavy atom. The van der Waals surface area contributed by atoms with E-state index in [9.17, 15) is 0 Å². The molecule has 122 valence electrons. The van der Waals surface area contributed by atoms with Gasteiger partial charge in [0, 0.05) is 24.2 Å². The van der Waals surface area contributed by atoms with Gasteiger partial charge in [-0.1, -0.05) is 65.7 Å². The summed E-state index contributed by atoms with van der Waals surface area (Å²) in [5, 5.41) is 4.12. The summed E-state index contributed by atoms with van der Waals surface area (Å²) in [5.74, 6) is 0.839. The molecule has 4 heteroatoms. The predicted octanol–water partition coefficient (Wildman–Crippen LogP) is 5.26. The van der Waals surface area contributed by atoms with E-state index in [1.54, 1.807) is 0 Å². The maximum Gasteiger partial charge on any atom is 0.203 e. The van der Waals surface area contributed by atoms with Crippen LogP contribution >= 0.6 is 11.6 Å². The van der Waals surface area contributed by atoms with E-state index in [2.05, 4.69) is 35.4 Å². The molecule has 0 amide bonds. The molecule has 0 radical (unpaired) electrons. The van der Waals surface area contributed by atoms with Gasteiger partial charge in [-0.15, -0.1) is 0 Å². The molecule has 3 nitrogen and oxygen atoms in total. The van der Waals surface area contributed by atoms with Crippen LogP contribution in [0.2, 0.25) is 5.02 Å². The second kappa shape index (κ2) is 7.37. The van der Waals surface area contributed by atoms with E-state index in [-0.39, 0.29) is 0 Å². The standard InChI is InChI=1S/C20H20ClN3/c1-15(11-16-7-4-3-5-8-16)13-22-20-23-14-19(24(20)2)17-9-6-10-18(21)12-17/h3-12,14H,13H2,1-2H3,(H,22,23)/b15-11+. The quantitative estimate of drug-likeness (QED) is 0.688. The van der Waals surface area contributed by atoms with Crippen LogP contribution in [0.4, 0.5) is 5.95 Å². The summed E-state index contributed by atoms with van der Waals surface area (Å²) in [6.45, 7) is 2.86. The number of rotatable bonds is 5. The molecule has 1 heterocycles. The van der Waals surface area contributed by atoms with Crippen LogP contribution in [-0.4, -0.2) is 16.1 Å². The minimum absolute atomic E-state index is 0.727. The van der Waals surface area contributed by atoms with E-state index in [1.807, 2.05) is 60.3 Å². The third kappa shape index (κ3) is 3.87. The van der Waals surface area contributed by atoms with E-state index in [4.69, 9.17) is 11.6 Å². The molecule has 3 aromatic rings. The van der Waals surface area contributed by atoms with Crippen LogP contribution in [0.5, 0.6) is 0 Å². The van der Waals surface area contributed by atoms with Crippen molar-refractivity contribution in [2.24, 2.45) is 7.05 Å². The lowest BCUT2D eigenvalue weighted by atomic mass is 10.1. The number of nitrogens with zero attached hydrogens (tertiary/aromatic N) is 2. The number of benzene rings is 2. The van der Waals surface area contributed by atoms with Crippen LogP contribution in [0.25, 0.3) is 17.3 Å². The van der Waals surface area contributed by atoms with Gasteiger partial charge in [0.25, 0.3) is 0 Å². The molecule has 0 aliphatic carbocycles. The van der Waals surface area contributed by atoms with Crippen LogP contribution in [0.15, 0.2) is 66.4 Å². The fraction of sp³-hybridized carbons (Fsp3) is 0.150. The number of nitrogens with one attached hydrogen (secondary N) is 1. The first-order chi connectivity index (χ1) is 11.6. The third-order valence-corrected chi connectivity index (χ3v) is 4.08. The Morgan fingerprint density at radius 1 is 1.17 bits per heavy atom. The molecule has 2 aromatic carbocycles. The number of halogens is 1. The second-order valence-corrected chi connectivity index (χ2v) is 6.23. The number of hydrogen-bond acceptors (Lipinski definition) is 2. The van der Waals surface area contributed by atoms with Gasteiger partial charge in [-0.25, -0.2) is 4.98 Å². The number of imidazole rings is 1. The van der Waals surface area contributed by atoms with E-state index in [0.29, 0.717) is 0 Å². The minimum atomic E-state index is 0.727. The van der Waals surface area contributed by atoms with E-state index in [0.717, 1.165) is 28.8 Å². The van der Waals surface area contributed by atoms with Gasteiger partial charge >= 0.3 is 0 Å². The number of aromatic nitrogens is 2. The lowest BCUT2D eigenvalue weighted by Crippen LogP contribution is -2.08. The zero-order valence-electron chi connectivity index (χ0n) is 13.8. The van der Waals surface area contributed by atoms with Gasteiger partial charge < -0.3 is 9.88 Å². The first-order valence-electron chi connectivity index (χ1n) is 7.87. The molecule has 1 N–H and O–H groups in total. The van der Waals surface area contributed by atoms with Crippen molar-refractivity contribution in [1.29, 1.82) is 0 Å². The van der Waals surface area contributed by atoms with Crippen LogP contribution in [-0.2, 0) is 7.05 Å². The zero-order chi connectivity index (χ0) is 16.9. The molecule has 0 saturated heterocycles. The van der Waals surface area contributed by atoms with Crippen LogP contribution < -0.4 is 5.32 Å². The summed E-state index contributed by atoms with van der Waals surface area (Å²) in [6, 6.07) is 18.1. The SMILES string of the molecule is C/C(=C\c1ccccc1)CNc1ncc(-c2cccc(Cl)c2)n1C. The van der Waals surface area contributed by atoms with Crippen molar-refractivity contribution in [1.82, 2.24) is 9.55 Å². The van der Waals surface area contributed by atoms with Crippen molar-refractivity contribution in [2.75, 3.05) is 11.9 Å². The summed E-state index contributed by atoms with van der Waals surface area (Å²) in [6.07, 6.45) is 4.04. The van der Waals surface area contributed by atoms with Crippen molar-refractivity contribution in [3.8, 4) is 11.3 Å². The molecule has 0 fully saturated rings. The summed E-state index contributed by atoms with van der Waals surface area (Å²) in [4.78, 5) is 4.48. The monoisotopic (exact) mass is 337 g/mol. The fourth-order valence-electron chi connectivity index (χ4n) is 2.59. The van der Waals surface area contributed by atoms with Crippen LogP contribution in [0, 0.1) is 0 Å². The Kier molecular flexibility index (Phi) is 5.02. The molecule has 1 aromatic heterocycles. The second-order valence-electron chi connectivity index (χ2n) is 5.79. The highest BCUT2D eigenvalue weighted by Crippen LogP contribution is 2.24. The van der Waals surface area contributed by atoms with Gasteiger partial charge in [0.1, 0.15) is 0 Å². The highest BCUT2D eigenvalue weighted by atomic mass is 35.5. The Labute approximate surface area is 147 Å². The minimum Gasteiger partial charge on any atom is -0.352 e. The molecular weight excluding hydrogens is 318 g/mol. The predicted molar refractivity (Wildman–Crippen MR) is 102 cm³/mol. The highest BCUT2D eigenvalue weighted by Gasteiger charge is 2.08. The van der Waals surface area contributed by atoms with Crippen molar-refractivity contribution in [3.63, 3.8) is 0 Å². The molecule has 0 unspecified atom stereocenters. The smallest absolute Gasteiger partial charge is 0.203 e. The first kappa shape index (κ1) is 16.3. The summed E-state index contributed by atoms with van der Waals surface area (Å²) in [5.41, 5.74) is 4.54. The summed E-state index contributed by atoms with van der Waals surface area (Å²) >= 11 is 6.08. The molecule has 24 heavy (non-hydrogen) atoms. The van der Waals surface area contributed by atoms with Crippen molar-refractivity contribution < 1.29 is 0 Å². The van der Waals surface area contributed by atoms with Crippen molar-refractivity contribution in [3.05, 3.63) is 77.0 Å². The van der Waals surface area contributed by atoms with Gasteiger partial charge in [-0.3, -0.25) is 0 Å². The van der Waals surface area contributed by atoms with Crippen LogP contribution in [0.1, 0.15) is 12.5 Å². The van der Waals surface area contributed by atoms with E-state index >= 15 is 0 Å². The first-order valence-corrected chi connectivity index (χ1v) is 8.25. The number of anilines is 1. The molecule has 0 atom stereocenters. The molecule has 0 aliphatic heterocycles. The Bertz CT molecular complexity index is 850. The maximum absolute atomic E-state index is 6.08. The maximum atomic E-state index is 6.08. The lowest BCUT2D eigenvalue weighted by Gasteiger charge is -2.09. The van der Waals surface area contributed by atoms with Gasteiger partial charge in [-0.05, 0) is 24.6 Å². The Hall–Kier alpha value is -2.52. The largest absolute Gasteiger partial charge is 0.352 e. The molecule has 0 saturated carbocycles. The van der Waals surface area contributed by atoms with Gasteiger partial charge in [0.15, 0.2) is 0 Å². The molecule has 0 spiro atoms. The highest BCUT2D eigenvalue weighted by molar-refractivity contribution is 6.30. The van der Waals surface area contributed by atoms with Gasteiger partial charge in [0.05, 0.1) is 11.9 Å². The lowest BCUT2D eigenvalue weighted by molar-refractivity contribution is 0.916. The van der Waals surface area contributed by atoms with Crippen molar-refractivity contribution >= 4 is 23.6 Å². The molecule has 3 rings (SSSR count). The average molecular weight is 338 g/mol. The molecule has 0 aliphatic rings. The Morgan fingerprint density at radius 3 is 2.71 bits per heavy atom. The topological polar surface area (TPSA) is 29.9 Å². The van der Waals surface area contributed by atoms with Crippen LogP contribution in [0.3, 0.4) is 0 Å². The average Bonchev–Trinajstić information content (AvgIpc) is 2.95. The summed E-state index contributed by atoms with van der Waals surface area (Å²) in [7, 11) is 2.00. The molecular formula is C20H20ClN3. The molecule has 0 bridgehead atoms. The van der Waals surface area contributed by atoms with Gasteiger partial charge in [-0.2, -0.15) is 0 Å².